The number of guanidine groups is 1. The summed E-state index contributed by atoms with van der Waals surface area (Å²) in [4.78, 5) is 7.24. The minimum Gasteiger partial charge on any atom is -0.379 e. The summed E-state index contributed by atoms with van der Waals surface area (Å²) in [6.45, 7) is 11.4. The van der Waals surface area contributed by atoms with Gasteiger partial charge in [0, 0.05) is 39.8 Å². The quantitative estimate of drug-likeness (QED) is 0.311. The Morgan fingerprint density at radius 3 is 2.52 bits per heavy atom. The van der Waals surface area contributed by atoms with Crippen LogP contribution in [0.2, 0.25) is 0 Å². The molecule has 0 unspecified atom stereocenters. The van der Waals surface area contributed by atoms with Gasteiger partial charge in [-0.25, -0.2) is 4.99 Å². The molecule has 9 heteroatoms. The Morgan fingerprint density at radius 1 is 1.17 bits per heavy atom. The molecule has 1 aliphatic heterocycles. The summed E-state index contributed by atoms with van der Waals surface area (Å²) in [5.41, 5.74) is 0.425. The highest BCUT2D eigenvalue weighted by molar-refractivity contribution is 14.0. The molecule has 0 amide bonds. The van der Waals surface area contributed by atoms with E-state index < -0.39 is 0 Å². The number of nitrogens with one attached hydrogen (secondary N) is 2. The molecule has 1 aliphatic carbocycles. The number of aryl methyl sites for hydroxylation is 1. The van der Waals surface area contributed by atoms with Crippen LogP contribution in [0, 0.1) is 12.3 Å². The third kappa shape index (κ3) is 7.06. The van der Waals surface area contributed by atoms with Crippen molar-refractivity contribution in [1.29, 1.82) is 0 Å². The number of halogens is 1. The van der Waals surface area contributed by atoms with Crippen molar-refractivity contribution in [1.82, 2.24) is 30.3 Å². The molecule has 0 atom stereocenters. The Labute approximate surface area is 192 Å². The number of rotatable bonds is 8. The second-order valence-corrected chi connectivity index (χ2v) is 8.18. The number of aliphatic imine (C=N–C) groups is 1. The normalized spacial score (nSPS) is 19.8. The summed E-state index contributed by atoms with van der Waals surface area (Å²) < 4.78 is 7.43. The van der Waals surface area contributed by atoms with E-state index in [1.807, 2.05) is 18.5 Å². The van der Waals surface area contributed by atoms with Gasteiger partial charge in [-0.1, -0.05) is 19.8 Å². The first-order valence-electron chi connectivity index (χ1n) is 10.8. The van der Waals surface area contributed by atoms with Crippen LogP contribution in [0.4, 0.5) is 0 Å². The van der Waals surface area contributed by atoms with Crippen molar-refractivity contribution in [2.24, 2.45) is 17.5 Å². The molecule has 166 valence electrons. The minimum atomic E-state index is 0. The number of nitrogens with zero attached hydrogens (tertiary/aromatic N) is 5. The van der Waals surface area contributed by atoms with Gasteiger partial charge >= 0.3 is 0 Å². The zero-order valence-electron chi connectivity index (χ0n) is 18.2. The highest BCUT2D eigenvalue weighted by Crippen LogP contribution is 2.40. The van der Waals surface area contributed by atoms with E-state index in [1.165, 1.54) is 32.1 Å². The predicted octanol–water partition coefficient (Wildman–Crippen LogP) is 2.08. The van der Waals surface area contributed by atoms with Crippen LogP contribution in [0.5, 0.6) is 0 Å². The van der Waals surface area contributed by atoms with Crippen molar-refractivity contribution in [2.45, 2.75) is 52.5 Å². The summed E-state index contributed by atoms with van der Waals surface area (Å²) in [6, 6.07) is 0. The maximum atomic E-state index is 5.43. The topological polar surface area (TPSA) is 79.6 Å². The first-order valence-corrected chi connectivity index (χ1v) is 10.8. The lowest BCUT2D eigenvalue weighted by Gasteiger charge is -2.29. The highest BCUT2D eigenvalue weighted by Gasteiger charge is 2.31. The lowest BCUT2D eigenvalue weighted by atomic mass is 9.83. The maximum absolute atomic E-state index is 5.43. The fraction of sp³-hybridized carbons (Fsp3) is 0.850. The molecule has 0 spiro atoms. The van der Waals surface area contributed by atoms with Crippen molar-refractivity contribution in [3.8, 4) is 0 Å². The van der Waals surface area contributed by atoms with Crippen LogP contribution in [0.15, 0.2) is 4.99 Å². The summed E-state index contributed by atoms with van der Waals surface area (Å²) in [5, 5.41) is 15.5. The highest BCUT2D eigenvalue weighted by atomic mass is 127. The standard InChI is InChI=1S/C20H37N7O.HI/c1-4-20(7-5-6-8-20)16-23-19(21-9-10-27-11-13-28-14-12-27)22-15-18-25-24-17(2)26(18)3;/h4-16H2,1-3H3,(H2,21,22,23);1H. The Kier molecular flexibility index (Phi) is 10.1. The van der Waals surface area contributed by atoms with Crippen LogP contribution >= 0.6 is 24.0 Å². The van der Waals surface area contributed by atoms with Crippen LogP contribution in [0.25, 0.3) is 0 Å². The molecule has 3 rings (SSSR count). The molecule has 1 saturated heterocycles. The van der Waals surface area contributed by atoms with Gasteiger partial charge in [-0.2, -0.15) is 0 Å². The Morgan fingerprint density at radius 2 is 1.90 bits per heavy atom. The predicted molar refractivity (Wildman–Crippen MR) is 127 cm³/mol. The van der Waals surface area contributed by atoms with Crippen LogP contribution in [0.1, 0.15) is 50.7 Å². The summed E-state index contributed by atoms with van der Waals surface area (Å²) >= 11 is 0. The van der Waals surface area contributed by atoms with Crippen molar-refractivity contribution < 1.29 is 4.74 Å². The van der Waals surface area contributed by atoms with Crippen LogP contribution in [0.3, 0.4) is 0 Å². The van der Waals surface area contributed by atoms with E-state index in [1.54, 1.807) is 0 Å². The lowest BCUT2D eigenvalue weighted by molar-refractivity contribution is 0.0389. The average molecular weight is 519 g/mol. The number of hydrogen-bond acceptors (Lipinski definition) is 5. The fourth-order valence-electron chi connectivity index (χ4n) is 4.12. The van der Waals surface area contributed by atoms with E-state index in [9.17, 15) is 0 Å². The van der Waals surface area contributed by atoms with Gasteiger partial charge in [0.25, 0.3) is 0 Å². The van der Waals surface area contributed by atoms with E-state index in [-0.39, 0.29) is 24.0 Å². The molecule has 0 bridgehead atoms. The van der Waals surface area contributed by atoms with E-state index >= 15 is 0 Å². The second-order valence-electron chi connectivity index (χ2n) is 8.18. The second kappa shape index (κ2) is 12.0. The minimum absolute atomic E-state index is 0. The molecule has 0 aromatic carbocycles. The monoisotopic (exact) mass is 519 g/mol. The molecule has 2 aliphatic rings. The smallest absolute Gasteiger partial charge is 0.191 e. The maximum Gasteiger partial charge on any atom is 0.191 e. The van der Waals surface area contributed by atoms with E-state index in [2.05, 4.69) is 32.7 Å². The molecular formula is C20H38IN7O. The van der Waals surface area contributed by atoms with Gasteiger partial charge in [0.1, 0.15) is 12.4 Å². The van der Waals surface area contributed by atoms with E-state index in [0.717, 1.165) is 63.5 Å². The van der Waals surface area contributed by atoms with Crippen LogP contribution < -0.4 is 10.6 Å². The van der Waals surface area contributed by atoms with Crippen molar-refractivity contribution >= 4 is 29.9 Å². The number of hydrogen-bond donors (Lipinski definition) is 2. The molecule has 2 heterocycles. The third-order valence-corrected chi connectivity index (χ3v) is 6.43. The van der Waals surface area contributed by atoms with E-state index in [0.29, 0.717) is 12.0 Å². The number of ether oxygens (including phenoxy) is 1. The van der Waals surface area contributed by atoms with Gasteiger partial charge in [-0.3, -0.25) is 4.90 Å². The zero-order valence-corrected chi connectivity index (χ0v) is 20.6. The lowest BCUT2D eigenvalue weighted by Crippen LogP contribution is -2.46. The van der Waals surface area contributed by atoms with Gasteiger partial charge in [0.15, 0.2) is 11.8 Å². The van der Waals surface area contributed by atoms with Gasteiger partial charge in [-0.15, -0.1) is 34.2 Å². The summed E-state index contributed by atoms with van der Waals surface area (Å²) in [5.74, 6) is 2.68. The first kappa shape index (κ1) is 24.3. The molecule has 2 fully saturated rings. The molecule has 8 nitrogen and oxygen atoms in total. The molecule has 1 saturated carbocycles. The van der Waals surface area contributed by atoms with Crippen LogP contribution in [-0.4, -0.2) is 71.6 Å². The van der Waals surface area contributed by atoms with E-state index in [4.69, 9.17) is 9.73 Å². The van der Waals surface area contributed by atoms with Crippen molar-refractivity contribution in [3.63, 3.8) is 0 Å². The number of aromatic nitrogens is 3. The molecule has 2 N–H and O–H groups in total. The summed E-state index contributed by atoms with van der Waals surface area (Å²) in [7, 11) is 1.99. The molecule has 0 radical (unpaired) electrons. The Bertz CT molecular complexity index is 637. The number of morpholine rings is 1. The van der Waals surface area contributed by atoms with Crippen LogP contribution in [-0.2, 0) is 18.3 Å². The Balaban J connectivity index is 0.00000300. The zero-order chi connectivity index (χ0) is 19.8. The van der Waals surface area contributed by atoms with Crippen molar-refractivity contribution in [2.75, 3.05) is 45.9 Å². The van der Waals surface area contributed by atoms with Gasteiger partial charge in [-0.05, 0) is 31.6 Å². The summed E-state index contributed by atoms with van der Waals surface area (Å²) in [6.07, 6.45) is 6.57. The largest absolute Gasteiger partial charge is 0.379 e. The van der Waals surface area contributed by atoms with Crippen molar-refractivity contribution in [3.05, 3.63) is 11.6 Å². The third-order valence-electron chi connectivity index (χ3n) is 6.43. The molecular weight excluding hydrogens is 481 g/mol. The average Bonchev–Trinajstić information content (AvgIpc) is 3.32. The first-order chi connectivity index (χ1) is 13.6. The SMILES string of the molecule is CCC1(CNC(=NCc2nnc(C)n2C)NCCN2CCOCC2)CCCC1.I. The van der Waals surface area contributed by atoms with Gasteiger partial charge in [0.2, 0.25) is 0 Å². The van der Waals surface area contributed by atoms with Gasteiger partial charge in [0.05, 0.1) is 13.2 Å². The fourth-order valence-corrected chi connectivity index (χ4v) is 4.12. The molecule has 29 heavy (non-hydrogen) atoms. The Hall–Kier alpha value is -0.940. The molecule has 1 aromatic rings. The molecule has 1 aromatic heterocycles. The van der Waals surface area contributed by atoms with Gasteiger partial charge < -0.3 is 19.9 Å².